The summed E-state index contributed by atoms with van der Waals surface area (Å²) in [5.74, 6) is 1.10. The van der Waals surface area contributed by atoms with Crippen molar-refractivity contribution in [2.24, 2.45) is 7.05 Å². The minimum Gasteiger partial charge on any atom is -0.288 e. The van der Waals surface area contributed by atoms with E-state index in [9.17, 15) is 9.59 Å². The third kappa shape index (κ3) is 3.02. The fourth-order valence-corrected chi connectivity index (χ4v) is 4.74. The van der Waals surface area contributed by atoms with Gasteiger partial charge in [0.05, 0.1) is 10.6 Å². The molecule has 1 unspecified atom stereocenters. The lowest BCUT2D eigenvalue weighted by Gasteiger charge is -2.32. The van der Waals surface area contributed by atoms with Crippen molar-refractivity contribution in [3.05, 3.63) is 80.3 Å². The van der Waals surface area contributed by atoms with E-state index in [-0.39, 0.29) is 16.7 Å². The molecule has 4 rings (SSSR count). The van der Waals surface area contributed by atoms with Crippen LogP contribution in [0.4, 0.5) is 11.5 Å². The number of hydrogen-bond donors (Lipinski definition) is 0. The molecule has 0 radical (unpaired) electrons. The van der Waals surface area contributed by atoms with Gasteiger partial charge < -0.3 is 0 Å². The monoisotopic (exact) mass is 378 g/mol. The van der Waals surface area contributed by atoms with E-state index in [1.54, 1.807) is 16.5 Å². The van der Waals surface area contributed by atoms with Crippen LogP contribution in [0, 0.1) is 0 Å². The summed E-state index contributed by atoms with van der Waals surface area (Å²) in [6.07, 6.45) is 0.364. The lowest BCUT2D eigenvalue weighted by Crippen LogP contribution is -2.34. The highest BCUT2D eigenvalue weighted by Gasteiger charge is 2.37. The number of rotatable bonds is 3. The Balaban J connectivity index is 1.84. The minimum absolute atomic E-state index is 0.0139. The maximum atomic E-state index is 13.1. The standard InChI is InChI=1S/C22H22N2O2S/c1-14(2)15-9-11-16(12-10-15)18-13-19(25)24(17-7-5-4-6-8-17)21-20(18)27-22(26)23(21)3/h4-12,14,18H,13H2,1-3H3. The number of carbonyl (C=O) groups is 1. The van der Waals surface area contributed by atoms with E-state index in [1.165, 1.54) is 16.9 Å². The topological polar surface area (TPSA) is 42.3 Å². The summed E-state index contributed by atoms with van der Waals surface area (Å²) < 4.78 is 1.60. The molecule has 0 spiro atoms. The number of thiazole rings is 1. The molecule has 2 aromatic carbocycles. The van der Waals surface area contributed by atoms with Gasteiger partial charge in [0.25, 0.3) is 0 Å². The number of anilines is 2. The van der Waals surface area contributed by atoms with Gasteiger partial charge in [-0.1, -0.05) is 67.6 Å². The van der Waals surface area contributed by atoms with Crippen molar-refractivity contribution in [2.75, 3.05) is 4.90 Å². The van der Waals surface area contributed by atoms with Crippen molar-refractivity contribution in [1.82, 2.24) is 4.57 Å². The second-order valence-electron chi connectivity index (χ2n) is 7.26. The van der Waals surface area contributed by atoms with Gasteiger partial charge in [0, 0.05) is 19.4 Å². The van der Waals surface area contributed by atoms with Crippen LogP contribution in [0.1, 0.15) is 48.1 Å². The van der Waals surface area contributed by atoms with Gasteiger partial charge in [0.1, 0.15) is 5.82 Å². The average Bonchev–Trinajstić information content (AvgIpc) is 2.97. The number of nitrogens with zero attached hydrogens (tertiary/aromatic N) is 2. The number of aromatic nitrogens is 1. The van der Waals surface area contributed by atoms with Crippen molar-refractivity contribution in [1.29, 1.82) is 0 Å². The van der Waals surface area contributed by atoms with Crippen molar-refractivity contribution >= 4 is 28.7 Å². The van der Waals surface area contributed by atoms with Gasteiger partial charge in [0.2, 0.25) is 5.91 Å². The Morgan fingerprint density at radius 3 is 2.30 bits per heavy atom. The van der Waals surface area contributed by atoms with Crippen LogP contribution in [0.15, 0.2) is 59.4 Å². The summed E-state index contributed by atoms with van der Waals surface area (Å²) in [7, 11) is 1.74. The number of carbonyl (C=O) groups excluding carboxylic acids is 1. The predicted molar refractivity (Wildman–Crippen MR) is 110 cm³/mol. The molecule has 1 aliphatic heterocycles. The molecule has 5 heteroatoms. The summed E-state index contributed by atoms with van der Waals surface area (Å²) >= 11 is 1.24. The zero-order valence-electron chi connectivity index (χ0n) is 15.7. The summed E-state index contributed by atoms with van der Waals surface area (Å²) in [4.78, 5) is 28.2. The van der Waals surface area contributed by atoms with E-state index in [0.717, 1.165) is 16.1 Å². The maximum Gasteiger partial charge on any atom is 0.308 e. The lowest BCUT2D eigenvalue weighted by molar-refractivity contribution is -0.118. The molecule has 0 aliphatic carbocycles. The molecule has 3 aromatic rings. The first-order valence-electron chi connectivity index (χ1n) is 9.15. The lowest BCUT2D eigenvalue weighted by atomic mass is 9.89. The average molecular weight is 378 g/mol. The molecule has 0 saturated carbocycles. The van der Waals surface area contributed by atoms with Crippen LogP contribution in [0.3, 0.4) is 0 Å². The van der Waals surface area contributed by atoms with Gasteiger partial charge in [-0.05, 0) is 29.2 Å². The van der Waals surface area contributed by atoms with Crippen LogP contribution in [0.25, 0.3) is 0 Å². The van der Waals surface area contributed by atoms with Gasteiger partial charge in [-0.2, -0.15) is 0 Å². The van der Waals surface area contributed by atoms with Crippen molar-refractivity contribution in [3.8, 4) is 0 Å². The number of benzene rings is 2. The first-order valence-corrected chi connectivity index (χ1v) is 9.96. The molecular formula is C22H22N2O2S. The van der Waals surface area contributed by atoms with E-state index in [2.05, 4.69) is 38.1 Å². The van der Waals surface area contributed by atoms with Crippen molar-refractivity contribution < 1.29 is 4.79 Å². The molecule has 0 N–H and O–H groups in total. The number of para-hydroxylation sites is 1. The quantitative estimate of drug-likeness (QED) is 0.659. The number of hydrogen-bond acceptors (Lipinski definition) is 3. The van der Waals surface area contributed by atoms with Crippen LogP contribution in [0.2, 0.25) is 0 Å². The number of amides is 1. The van der Waals surface area contributed by atoms with Gasteiger partial charge in [-0.25, -0.2) is 0 Å². The molecule has 138 valence electrons. The highest BCUT2D eigenvalue weighted by atomic mass is 32.1. The molecule has 1 atom stereocenters. The molecule has 4 nitrogen and oxygen atoms in total. The molecule has 0 fully saturated rings. The zero-order chi connectivity index (χ0) is 19.1. The summed E-state index contributed by atoms with van der Waals surface area (Å²) in [5, 5.41) is 0. The van der Waals surface area contributed by atoms with Crippen LogP contribution < -0.4 is 9.77 Å². The van der Waals surface area contributed by atoms with Gasteiger partial charge >= 0.3 is 4.87 Å². The van der Waals surface area contributed by atoms with Gasteiger partial charge in [0.15, 0.2) is 0 Å². The molecule has 0 bridgehead atoms. The minimum atomic E-state index is -0.0763. The number of fused-ring (bicyclic) bond motifs is 1. The second kappa shape index (κ2) is 6.82. The largest absolute Gasteiger partial charge is 0.308 e. The summed E-state index contributed by atoms with van der Waals surface area (Å²) in [6.45, 7) is 4.33. The Labute approximate surface area is 162 Å². The third-order valence-electron chi connectivity index (χ3n) is 5.19. The van der Waals surface area contributed by atoms with Gasteiger partial charge in [-0.3, -0.25) is 19.1 Å². The highest BCUT2D eigenvalue weighted by molar-refractivity contribution is 7.10. The van der Waals surface area contributed by atoms with Crippen LogP contribution >= 0.6 is 11.3 Å². The molecule has 0 saturated heterocycles. The van der Waals surface area contributed by atoms with Crippen LogP contribution in [0.5, 0.6) is 0 Å². The summed E-state index contributed by atoms with van der Waals surface area (Å²) in [6, 6.07) is 18.0. The first kappa shape index (κ1) is 17.7. The first-order chi connectivity index (χ1) is 13.0. The molecular weight excluding hydrogens is 356 g/mol. The molecule has 1 amide bonds. The Hall–Kier alpha value is -2.66. The van der Waals surface area contributed by atoms with Crippen molar-refractivity contribution in [2.45, 2.75) is 32.1 Å². The maximum absolute atomic E-state index is 13.1. The van der Waals surface area contributed by atoms with E-state index in [1.807, 2.05) is 30.3 Å². The zero-order valence-corrected chi connectivity index (χ0v) is 16.5. The van der Waals surface area contributed by atoms with E-state index in [4.69, 9.17) is 0 Å². The van der Waals surface area contributed by atoms with Crippen LogP contribution in [-0.2, 0) is 11.8 Å². The molecule has 1 aliphatic rings. The van der Waals surface area contributed by atoms with Crippen LogP contribution in [-0.4, -0.2) is 10.5 Å². The smallest absolute Gasteiger partial charge is 0.288 e. The fourth-order valence-electron chi connectivity index (χ4n) is 3.65. The van der Waals surface area contributed by atoms with E-state index < -0.39 is 0 Å². The summed E-state index contributed by atoms with van der Waals surface area (Å²) in [5.41, 5.74) is 3.16. The predicted octanol–water partition coefficient (Wildman–Crippen LogP) is 4.77. The highest BCUT2D eigenvalue weighted by Crippen LogP contribution is 2.44. The van der Waals surface area contributed by atoms with Crippen molar-refractivity contribution in [3.63, 3.8) is 0 Å². The third-order valence-corrected chi connectivity index (χ3v) is 6.32. The van der Waals surface area contributed by atoms with E-state index >= 15 is 0 Å². The Bertz CT molecular complexity index is 1030. The molecule has 1 aromatic heterocycles. The molecule has 2 heterocycles. The normalized spacial score (nSPS) is 16.7. The fraction of sp³-hybridized carbons (Fsp3) is 0.273. The Kier molecular flexibility index (Phi) is 4.48. The van der Waals surface area contributed by atoms with Gasteiger partial charge in [-0.15, -0.1) is 0 Å². The molecule has 27 heavy (non-hydrogen) atoms. The SMILES string of the molecule is CC(C)c1ccc(C2CC(=O)N(c3ccccc3)c3c2sc(=O)n3C)cc1. The Morgan fingerprint density at radius 2 is 1.67 bits per heavy atom. The second-order valence-corrected chi connectivity index (χ2v) is 8.25. The Morgan fingerprint density at radius 1 is 1.00 bits per heavy atom. The van der Waals surface area contributed by atoms with E-state index in [0.29, 0.717) is 18.2 Å².